The summed E-state index contributed by atoms with van der Waals surface area (Å²) in [4.78, 5) is 0. The van der Waals surface area contributed by atoms with Crippen molar-refractivity contribution in [3.63, 3.8) is 0 Å². The molecule has 5 rings (SSSR count). The summed E-state index contributed by atoms with van der Waals surface area (Å²) in [5.41, 5.74) is 9.92. The van der Waals surface area contributed by atoms with Gasteiger partial charge in [0.1, 0.15) is 0 Å². The number of allylic oxidation sites excluding steroid dienone is 1. The molecule has 0 unspecified atom stereocenters. The van der Waals surface area contributed by atoms with Crippen molar-refractivity contribution < 1.29 is 0 Å². The fraction of sp³-hybridized carbons (Fsp3) is 0.0667. The third kappa shape index (κ3) is 3.49. The number of benzene rings is 4. The fourth-order valence-electron chi connectivity index (χ4n) is 4.35. The molecule has 0 saturated carbocycles. The topological polar surface area (TPSA) is 4.93 Å². The number of para-hydroxylation sites is 1. The van der Waals surface area contributed by atoms with Crippen LogP contribution < -0.4 is 0 Å². The Bertz CT molecular complexity index is 1350. The molecule has 0 fully saturated rings. The summed E-state index contributed by atoms with van der Waals surface area (Å²) in [7, 11) is 0. The van der Waals surface area contributed by atoms with Gasteiger partial charge in [-0.05, 0) is 65.9 Å². The first-order valence-corrected chi connectivity index (χ1v) is 10.8. The lowest BCUT2D eigenvalue weighted by Crippen LogP contribution is -1.97. The SMILES string of the molecule is C/C=C\c1c(C)c2ccccc2n1-c1ccc(-c2ccc(-c3ccccc3)cc2)cc1. The molecule has 1 heteroatoms. The van der Waals surface area contributed by atoms with E-state index in [1.165, 1.54) is 50.1 Å². The standard InChI is InChI=1S/C30H25N/c1-3-9-29-22(2)28-12-7-8-13-30(28)31(29)27-20-18-26(19-21-27)25-16-14-24(15-17-25)23-10-5-4-6-11-23/h3-21H,1-2H3/b9-3-. The normalized spacial score (nSPS) is 11.4. The summed E-state index contributed by atoms with van der Waals surface area (Å²) in [6.45, 7) is 4.28. The van der Waals surface area contributed by atoms with Crippen LogP contribution in [0, 0.1) is 6.92 Å². The van der Waals surface area contributed by atoms with Crippen LogP contribution in [0.5, 0.6) is 0 Å². The second-order valence-corrected chi connectivity index (χ2v) is 7.85. The minimum absolute atomic E-state index is 1.18. The first kappa shape index (κ1) is 19.1. The quantitative estimate of drug-likeness (QED) is 0.286. The van der Waals surface area contributed by atoms with Crippen molar-refractivity contribution in [3.05, 3.63) is 120 Å². The highest BCUT2D eigenvalue weighted by Gasteiger charge is 2.13. The van der Waals surface area contributed by atoms with Gasteiger partial charge in [-0.3, -0.25) is 0 Å². The first-order valence-electron chi connectivity index (χ1n) is 10.8. The van der Waals surface area contributed by atoms with Gasteiger partial charge in [0.05, 0.1) is 5.52 Å². The molecule has 0 aliphatic rings. The Labute approximate surface area is 183 Å². The highest BCUT2D eigenvalue weighted by Crippen LogP contribution is 2.31. The van der Waals surface area contributed by atoms with Crippen molar-refractivity contribution in [1.29, 1.82) is 0 Å². The van der Waals surface area contributed by atoms with Gasteiger partial charge in [0, 0.05) is 16.8 Å². The predicted molar refractivity (Wildman–Crippen MR) is 134 cm³/mol. The molecule has 0 aliphatic heterocycles. The number of nitrogens with zero attached hydrogens (tertiary/aromatic N) is 1. The maximum Gasteiger partial charge on any atom is 0.0537 e. The summed E-state index contributed by atoms with van der Waals surface area (Å²) >= 11 is 0. The lowest BCUT2D eigenvalue weighted by Gasteiger charge is -2.11. The van der Waals surface area contributed by atoms with Crippen LogP contribution in [-0.2, 0) is 0 Å². The van der Waals surface area contributed by atoms with Crippen molar-refractivity contribution in [2.45, 2.75) is 13.8 Å². The predicted octanol–water partition coefficient (Wildman–Crippen LogP) is 8.31. The van der Waals surface area contributed by atoms with Gasteiger partial charge in [0.2, 0.25) is 0 Å². The van der Waals surface area contributed by atoms with E-state index < -0.39 is 0 Å². The molecular formula is C30H25N. The van der Waals surface area contributed by atoms with Crippen LogP contribution in [0.1, 0.15) is 18.2 Å². The van der Waals surface area contributed by atoms with Crippen LogP contribution in [0.2, 0.25) is 0 Å². The minimum Gasteiger partial charge on any atom is -0.310 e. The van der Waals surface area contributed by atoms with Gasteiger partial charge in [-0.25, -0.2) is 0 Å². The van der Waals surface area contributed by atoms with E-state index in [-0.39, 0.29) is 0 Å². The second-order valence-electron chi connectivity index (χ2n) is 7.85. The van der Waals surface area contributed by atoms with E-state index in [0.717, 1.165) is 0 Å². The number of fused-ring (bicyclic) bond motifs is 1. The number of rotatable bonds is 4. The lowest BCUT2D eigenvalue weighted by atomic mass is 10.0. The number of aryl methyl sites for hydroxylation is 1. The van der Waals surface area contributed by atoms with E-state index in [1.54, 1.807) is 0 Å². The average Bonchev–Trinajstić information content (AvgIpc) is 3.12. The van der Waals surface area contributed by atoms with Crippen LogP contribution in [-0.4, -0.2) is 4.57 Å². The summed E-state index contributed by atoms with van der Waals surface area (Å²) < 4.78 is 2.35. The Morgan fingerprint density at radius 2 is 1.10 bits per heavy atom. The van der Waals surface area contributed by atoms with E-state index in [4.69, 9.17) is 0 Å². The Morgan fingerprint density at radius 1 is 0.581 bits per heavy atom. The Hall–Kier alpha value is -3.84. The Balaban J connectivity index is 1.52. The van der Waals surface area contributed by atoms with Gasteiger partial charge in [-0.2, -0.15) is 0 Å². The van der Waals surface area contributed by atoms with Crippen molar-refractivity contribution in [1.82, 2.24) is 4.57 Å². The van der Waals surface area contributed by atoms with Gasteiger partial charge < -0.3 is 4.57 Å². The lowest BCUT2D eigenvalue weighted by molar-refractivity contribution is 1.10. The molecule has 0 radical (unpaired) electrons. The van der Waals surface area contributed by atoms with Crippen LogP contribution in [0.4, 0.5) is 0 Å². The molecule has 1 nitrogen and oxygen atoms in total. The van der Waals surface area contributed by atoms with E-state index in [1.807, 2.05) is 0 Å². The highest BCUT2D eigenvalue weighted by molar-refractivity contribution is 5.90. The maximum atomic E-state index is 2.35. The van der Waals surface area contributed by atoms with Crippen molar-refractivity contribution in [2.75, 3.05) is 0 Å². The smallest absolute Gasteiger partial charge is 0.0537 e. The second kappa shape index (κ2) is 8.12. The molecule has 0 spiro atoms. The zero-order valence-corrected chi connectivity index (χ0v) is 17.9. The summed E-state index contributed by atoms with van der Waals surface area (Å²) in [5.74, 6) is 0. The van der Waals surface area contributed by atoms with Gasteiger partial charge in [-0.1, -0.05) is 91.0 Å². The molecule has 150 valence electrons. The summed E-state index contributed by atoms with van der Waals surface area (Å²) in [6.07, 6.45) is 4.31. The number of aromatic nitrogens is 1. The molecule has 31 heavy (non-hydrogen) atoms. The van der Waals surface area contributed by atoms with Gasteiger partial charge in [0.15, 0.2) is 0 Å². The van der Waals surface area contributed by atoms with E-state index in [0.29, 0.717) is 0 Å². The largest absolute Gasteiger partial charge is 0.310 e. The molecule has 1 heterocycles. The zero-order valence-electron chi connectivity index (χ0n) is 17.9. The molecule has 0 atom stereocenters. The maximum absolute atomic E-state index is 2.35. The summed E-state index contributed by atoms with van der Waals surface area (Å²) in [6, 6.07) is 36.8. The van der Waals surface area contributed by atoms with E-state index in [9.17, 15) is 0 Å². The van der Waals surface area contributed by atoms with Crippen molar-refractivity contribution in [2.24, 2.45) is 0 Å². The molecule has 0 amide bonds. The molecular weight excluding hydrogens is 374 g/mol. The van der Waals surface area contributed by atoms with E-state index in [2.05, 4.69) is 134 Å². The zero-order chi connectivity index (χ0) is 21.2. The number of hydrogen-bond donors (Lipinski definition) is 0. The van der Waals surface area contributed by atoms with Crippen LogP contribution >= 0.6 is 0 Å². The van der Waals surface area contributed by atoms with Gasteiger partial charge in [-0.15, -0.1) is 0 Å². The third-order valence-electron chi connectivity index (χ3n) is 5.95. The van der Waals surface area contributed by atoms with Crippen LogP contribution in [0.25, 0.3) is 44.9 Å². The Kier molecular flexibility index (Phi) is 5.01. The third-order valence-corrected chi connectivity index (χ3v) is 5.95. The fourth-order valence-corrected chi connectivity index (χ4v) is 4.35. The Morgan fingerprint density at radius 3 is 1.71 bits per heavy atom. The molecule has 0 saturated heterocycles. The molecule has 0 bridgehead atoms. The van der Waals surface area contributed by atoms with Crippen LogP contribution in [0.3, 0.4) is 0 Å². The minimum atomic E-state index is 1.18. The molecule has 0 N–H and O–H groups in total. The monoisotopic (exact) mass is 399 g/mol. The van der Waals surface area contributed by atoms with E-state index >= 15 is 0 Å². The first-order chi connectivity index (χ1) is 15.3. The number of hydrogen-bond acceptors (Lipinski definition) is 0. The molecule has 0 aliphatic carbocycles. The highest BCUT2D eigenvalue weighted by atomic mass is 15.0. The molecule has 5 aromatic rings. The van der Waals surface area contributed by atoms with Gasteiger partial charge in [0.25, 0.3) is 0 Å². The molecule has 4 aromatic carbocycles. The molecule has 1 aromatic heterocycles. The average molecular weight is 400 g/mol. The van der Waals surface area contributed by atoms with Crippen molar-refractivity contribution in [3.8, 4) is 27.9 Å². The van der Waals surface area contributed by atoms with Crippen molar-refractivity contribution >= 4 is 17.0 Å². The summed E-state index contributed by atoms with van der Waals surface area (Å²) in [5, 5.41) is 1.30. The van der Waals surface area contributed by atoms with Crippen LogP contribution in [0.15, 0.2) is 109 Å². The van der Waals surface area contributed by atoms with Gasteiger partial charge >= 0.3 is 0 Å².